The Bertz CT molecular complexity index is 593. The van der Waals surface area contributed by atoms with Crippen LogP contribution < -0.4 is 5.32 Å². The number of nitrogens with one attached hydrogen (secondary N) is 1. The van der Waals surface area contributed by atoms with Crippen molar-refractivity contribution in [1.82, 2.24) is 10.2 Å². The molecule has 1 amide bonds. The van der Waals surface area contributed by atoms with Crippen LogP contribution in [0.4, 0.5) is 5.13 Å². The highest BCUT2D eigenvalue weighted by Crippen LogP contribution is 2.24. The van der Waals surface area contributed by atoms with E-state index in [0.29, 0.717) is 20.7 Å². The monoisotopic (exact) mass is 315 g/mol. The molecule has 0 aliphatic carbocycles. The van der Waals surface area contributed by atoms with E-state index >= 15 is 0 Å². The van der Waals surface area contributed by atoms with Gasteiger partial charge in [-0.1, -0.05) is 48.4 Å². The van der Waals surface area contributed by atoms with Crippen molar-refractivity contribution in [2.24, 2.45) is 0 Å². The number of nitrogens with zero attached hydrogens (tertiary/aromatic N) is 2. The summed E-state index contributed by atoms with van der Waals surface area (Å²) in [5.74, 6) is -0.0281. The maximum atomic E-state index is 12.0. The summed E-state index contributed by atoms with van der Waals surface area (Å²) in [7, 11) is 0. The summed E-state index contributed by atoms with van der Waals surface area (Å²) in [5, 5.41) is 12.8. The highest BCUT2D eigenvalue weighted by molar-refractivity contribution is 7.15. The number of anilines is 1. The van der Waals surface area contributed by atoms with Gasteiger partial charge in [0.1, 0.15) is 5.01 Å². The van der Waals surface area contributed by atoms with Crippen LogP contribution in [0.15, 0.2) is 18.2 Å². The molecule has 1 N–H and O–H groups in total. The van der Waals surface area contributed by atoms with Crippen LogP contribution in [-0.4, -0.2) is 16.1 Å². The van der Waals surface area contributed by atoms with Crippen LogP contribution in [-0.2, 0) is 0 Å². The Hall–Kier alpha value is -1.17. The van der Waals surface area contributed by atoms with Gasteiger partial charge in [-0.2, -0.15) is 0 Å². The smallest absolute Gasteiger partial charge is 0.257 e. The second kappa shape index (κ2) is 5.86. The van der Waals surface area contributed by atoms with Gasteiger partial charge in [0, 0.05) is 21.5 Å². The number of benzene rings is 1. The zero-order chi connectivity index (χ0) is 14.0. The summed E-state index contributed by atoms with van der Waals surface area (Å²) in [6, 6.07) is 4.67. The molecule has 2 rings (SSSR count). The topological polar surface area (TPSA) is 54.9 Å². The normalized spacial score (nSPS) is 10.8. The zero-order valence-electron chi connectivity index (χ0n) is 10.3. The molecule has 100 valence electrons. The number of amides is 1. The number of carbonyl (C=O) groups is 1. The fraction of sp³-hybridized carbons (Fsp3) is 0.250. The predicted molar refractivity (Wildman–Crippen MR) is 78.4 cm³/mol. The lowest BCUT2D eigenvalue weighted by atomic mass is 10.2. The molecule has 4 nitrogen and oxygen atoms in total. The molecule has 2 aromatic rings. The lowest BCUT2D eigenvalue weighted by Crippen LogP contribution is -2.11. The number of hydrogen-bond acceptors (Lipinski definition) is 4. The molecule has 0 aliphatic heterocycles. The van der Waals surface area contributed by atoms with Crippen LogP contribution in [0.2, 0.25) is 10.0 Å². The van der Waals surface area contributed by atoms with Crippen LogP contribution in [0.25, 0.3) is 0 Å². The van der Waals surface area contributed by atoms with Crippen molar-refractivity contribution < 1.29 is 4.79 Å². The third-order valence-corrected chi connectivity index (χ3v) is 3.86. The fourth-order valence-corrected chi connectivity index (χ4v) is 2.64. The molecule has 7 heteroatoms. The molecule has 0 atom stereocenters. The average molecular weight is 316 g/mol. The number of hydrogen-bond donors (Lipinski definition) is 1. The van der Waals surface area contributed by atoms with Crippen molar-refractivity contribution in [1.29, 1.82) is 0 Å². The second-order valence-electron chi connectivity index (χ2n) is 4.21. The summed E-state index contributed by atoms with van der Waals surface area (Å²) in [5.41, 5.74) is 0.388. The van der Waals surface area contributed by atoms with Gasteiger partial charge >= 0.3 is 0 Å². The molecular weight excluding hydrogens is 305 g/mol. The summed E-state index contributed by atoms with van der Waals surface area (Å²) in [4.78, 5) is 12.0. The maximum Gasteiger partial charge on any atom is 0.257 e. The highest BCUT2D eigenvalue weighted by atomic mass is 35.5. The van der Waals surface area contributed by atoms with Crippen molar-refractivity contribution in [2.75, 3.05) is 5.32 Å². The van der Waals surface area contributed by atoms with Gasteiger partial charge in [0.05, 0.1) is 0 Å². The molecule has 0 saturated heterocycles. The molecule has 0 radical (unpaired) electrons. The lowest BCUT2D eigenvalue weighted by Gasteiger charge is -2.02. The first kappa shape index (κ1) is 14.2. The molecule has 0 unspecified atom stereocenters. The number of carbonyl (C=O) groups excluding carboxylic acids is 1. The number of halogens is 2. The maximum absolute atomic E-state index is 12.0. The Balaban J connectivity index is 2.15. The lowest BCUT2D eigenvalue weighted by molar-refractivity contribution is 0.102. The van der Waals surface area contributed by atoms with E-state index in [4.69, 9.17) is 23.2 Å². The second-order valence-corrected chi connectivity index (χ2v) is 6.09. The third kappa shape index (κ3) is 3.65. The Kier molecular flexibility index (Phi) is 4.39. The molecule has 0 fully saturated rings. The van der Waals surface area contributed by atoms with Crippen molar-refractivity contribution in [2.45, 2.75) is 19.8 Å². The average Bonchev–Trinajstić information content (AvgIpc) is 2.76. The standard InChI is InChI=1S/C12H11Cl2N3OS/c1-6(2)11-16-17-12(19-11)15-10(18)7-3-8(13)5-9(14)4-7/h3-6H,1-2H3,(H,15,17,18). The number of rotatable bonds is 3. The van der Waals surface area contributed by atoms with Gasteiger partial charge in [-0.05, 0) is 18.2 Å². The quantitative estimate of drug-likeness (QED) is 0.922. The van der Waals surface area contributed by atoms with Crippen molar-refractivity contribution in [3.8, 4) is 0 Å². The van der Waals surface area contributed by atoms with Crippen molar-refractivity contribution in [3.05, 3.63) is 38.8 Å². The predicted octanol–water partition coefficient (Wildman–Crippen LogP) is 4.22. The molecule has 0 bridgehead atoms. The first-order valence-electron chi connectivity index (χ1n) is 5.56. The zero-order valence-corrected chi connectivity index (χ0v) is 12.6. The van der Waals surface area contributed by atoms with E-state index in [0.717, 1.165) is 5.01 Å². The summed E-state index contributed by atoms with van der Waals surface area (Å²) < 4.78 is 0. The first-order chi connectivity index (χ1) is 8.95. The third-order valence-electron chi connectivity index (χ3n) is 2.28. The van der Waals surface area contributed by atoms with E-state index in [9.17, 15) is 4.79 Å². The minimum absolute atomic E-state index is 0.281. The van der Waals surface area contributed by atoms with Crippen LogP contribution in [0.5, 0.6) is 0 Å². The Morgan fingerprint density at radius 3 is 2.37 bits per heavy atom. The molecule has 0 spiro atoms. The SMILES string of the molecule is CC(C)c1nnc(NC(=O)c2cc(Cl)cc(Cl)c2)s1. The molecule has 1 aromatic heterocycles. The van der Waals surface area contributed by atoms with E-state index in [1.807, 2.05) is 13.8 Å². The summed E-state index contributed by atoms with van der Waals surface area (Å²) >= 11 is 13.1. The van der Waals surface area contributed by atoms with Crippen LogP contribution in [0.1, 0.15) is 35.1 Å². The van der Waals surface area contributed by atoms with Gasteiger partial charge in [-0.15, -0.1) is 10.2 Å². The molecule has 0 aliphatic rings. The van der Waals surface area contributed by atoms with Crippen molar-refractivity contribution >= 4 is 45.6 Å². The van der Waals surface area contributed by atoms with E-state index in [1.165, 1.54) is 11.3 Å². The molecule has 0 saturated carbocycles. The molecule has 1 aromatic carbocycles. The van der Waals surface area contributed by atoms with E-state index in [2.05, 4.69) is 15.5 Å². The van der Waals surface area contributed by atoms with E-state index in [-0.39, 0.29) is 11.8 Å². The van der Waals surface area contributed by atoms with Crippen molar-refractivity contribution in [3.63, 3.8) is 0 Å². The van der Waals surface area contributed by atoms with E-state index in [1.54, 1.807) is 18.2 Å². The minimum Gasteiger partial charge on any atom is -0.296 e. The Morgan fingerprint density at radius 1 is 1.21 bits per heavy atom. The van der Waals surface area contributed by atoms with Gasteiger partial charge in [0.15, 0.2) is 0 Å². The van der Waals surface area contributed by atoms with Crippen LogP contribution in [0.3, 0.4) is 0 Å². The Labute approximate surface area is 124 Å². The van der Waals surface area contributed by atoms with Gasteiger partial charge in [0.2, 0.25) is 5.13 Å². The number of aromatic nitrogens is 2. The molecular formula is C12H11Cl2N3OS. The van der Waals surface area contributed by atoms with Gasteiger partial charge in [-0.25, -0.2) is 0 Å². The highest BCUT2D eigenvalue weighted by Gasteiger charge is 2.12. The first-order valence-corrected chi connectivity index (χ1v) is 7.14. The fourth-order valence-electron chi connectivity index (χ4n) is 1.37. The van der Waals surface area contributed by atoms with Crippen LogP contribution >= 0.6 is 34.5 Å². The van der Waals surface area contributed by atoms with Gasteiger partial charge in [0.25, 0.3) is 5.91 Å². The summed E-state index contributed by atoms with van der Waals surface area (Å²) in [6.45, 7) is 4.03. The van der Waals surface area contributed by atoms with Gasteiger partial charge < -0.3 is 0 Å². The van der Waals surface area contributed by atoms with Crippen LogP contribution in [0, 0.1) is 0 Å². The largest absolute Gasteiger partial charge is 0.296 e. The molecule has 1 heterocycles. The minimum atomic E-state index is -0.309. The van der Waals surface area contributed by atoms with E-state index < -0.39 is 0 Å². The molecule has 19 heavy (non-hydrogen) atoms. The summed E-state index contributed by atoms with van der Waals surface area (Å²) in [6.07, 6.45) is 0. The van der Waals surface area contributed by atoms with Gasteiger partial charge in [-0.3, -0.25) is 10.1 Å². The Morgan fingerprint density at radius 2 is 1.84 bits per heavy atom.